The van der Waals surface area contributed by atoms with Crippen LogP contribution < -0.4 is 0 Å². The van der Waals surface area contributed by atoms with E-state index in [9.17, 15) is 51.9 Å². The van der Waals surface area contributed by atoms with Gasteiger partial charge in [0.2, 0.25) is 0 Å². The fraction of sp³-hybridized carbons (Fsp3) is 0. The Kier molecular flexibility index (Phi) is 7.18. The first kappa shape index (κ1) is 31.4. The van der Waals surface area contributed by atoms with E-state index in [1.54, 1.807) is 42.5 Å². The van der Waals surface area contributed by atoms with Gasteiger partial charge in [0.15, 0.2) is 0 Å². The SMILES string of the molecule is O=S(=O)(O)c1cc(C2=Cc3cc4ccc(cc5nc(cc6ccc(cc2n3)[nH]6)C=C5)[nH]4)c(S(=O)(=O)O)c(S(=O)(=O)O)c1S(=O)(=O)O. The average Bonchev–Trinajstić information content (AvgIpc) is 3.71. The van der Waals surface area contributed by atoms with Crippen LogP contribution in [0.2, 0.25) is 0 Å². The number of nitrogens with one attached hydrogen (secondary N) is 2. The van der Waals surface area contributed by atoms with E-state index in [4.69, 9.17) is 0 Å². The monoisotopic (exact) mass is 706 g/mol. The van der Waals surface area contributed by atoms with E-state index < -0.39 is 71.2 Å². The van der Waals surface area contributed by atoms with Gasteiger partial charge >= 0.3 is 0 Å². The van der Waals surface area contributed by atoms with E-state index in [1.165, 1.54) is 12.1 Å². The number of H-pyrrole nitrogens is 2. The zero-order valence-electron chi connectivity index (χ0n) is 22.5. The molecule has 0 amide bonds. The molecule has 0 spiro atoms. The largest absolute Gasteiger partial charge is 0.355 e. The first-order valence-corrected chi connectivity index (χ1v) is 18.2. The van der Waals surface area contributed by atoms with Crippen molar-refractivity contribution in [2.45, 2.75) is 19.6 Å². The van der Waals surface area contributed by atoms with E-state index in [0.717, 1.165) is 6.08 Å². The van der Waals surface area contributed by atoms with Crippen LogP contribution in [0.4, 0.5) is 0 Å². The summed E-state index contributed by atoms with van der Waals surface area (Å²) in [7, 11) is -23.8. The highest BCUT2D eigenvalue weighted by Gasteiger charge is 2.41. The van der Waals surface area contributed by atoms with Crippen molar-refractivity contribution in [3.8, 4) is 0 Å². The number of aromatic nitrogens is 4. The first-order valence-electron chi connectivity index (χ1n) is 12.5. The van der Waals surface area contributed by atoms with Crippen molar-refractivity contribution >= 4 is 86.3 Å². The number of rotatable bonds is 5. The lowest BCUT2D eigenvalue weighted by atomic mass is 10.0. The lowest BCUT2D eigenvalue weighted by Gasteiger charge is -2.17. The van der Waals surface area contributed by atoms with Gasteiger partial charge in [0.25, 0.3) is 40.5 Å². The summed E-state index contributed by atoms with van der Waals surface area (Å²) < 4.78 is 139. The van der Waals surface area contributed by atoms with Crippen LogP contribution in [0.5, 0.6) is 0 Å². The molecule has 4 aromatic rings. The smallest absolute Gasteiger partial charge is 0.297 e. The third-order valence-corrected chi connectivity index (χ3v) is 10.7. The molecule has 46 heavy (non-hydrogen) atoms. The van der Waals surface area contributed by atoms with Crippen molar-refractivity contribution in [2.24, 2.45) is 0 Å². The van der Waals surface area contributed by atoms with Gasteiger partial charge in [-0.2, -0.15) is 33.7 Å². The van der Waals surface area contributed by atoms with Crippen molar-refractivity contribution in [1.29, 1.82) is 0 Å². The third-order valence-electron chi connectivity index (χ3n) is 6.66. The van der Waals surface area contributed by atoms with Crippen LogP contribution in [0.3, 0.4) is 0 Å². The second-order valence-electron chi connectivity index (χ2n) is 9.90. The third kappa shape index (κ3) is 6.02. The molecule has 0 atom stereocenters. The van der Waals surface area contributed by atoms with Gasteiger partial charge in [-0.1, -0.05) is 0 Å². The fourth-order valence-electron chi connectivity index (χ4n) is 4.96. The quantitative estimate of drug-likeness (QED) is 0.141. The highest BCUT2D eigenvalue weighted by atomic mass is 32.2. The van der Waals surface area contributed by atoms with Crippen LogP contribution >= 0.6 is 0 Å². The normalized spacial score (nSPS) is 14.0. The Morgan fingerprint density at radius 2 is 0.957 bits per heavy atom. The van der Waals surface area contributed by atoms with Gasteiger partial charge in [-0.15, -0.1) is 0 Å². The predicted molar refractivity (Wildman–Crippen MR) is 163 cm³/mol. The van der Waals surface area contributed by atoms with E-state index in [1.807, 2.05) is 6.08 Å². The first-order chi connectivity index (χ1) is 21.3. The molecule has 6 N–H and O–H groups in total. The highest BCUT2D eigenvalue weighted by molar-refractivity contribution is 7.91. The molecule has 0 aliphatic carbocycles. The molecule has 6 rings (SSSR count). The summed E-state index contributed by atoms with van der Waals surface area (Å²) >= 11 is 0. The topological polar surface area (TPSA) is 275 Å². The minimum Gasteiger partial charge on any atom is -0.355 e. The molecule has 0 saturated heterocycles. The van der Waals surface area contributed by atoms with E-state index in [0.29, 0.717) is 33.5 Å². The van der Waals surface area contributed by atoms with Gasteiger partial charge < -0.3 is 9.97 Å². The van der Waals surface area contributed by atoms with Gasteiger partial charge in [0.1, 0.15) is 19.6 Å². The Morgan fingerprint density at radius 1 is 0.500 bits per heavy atom. The molecule has 1 aromatic carbocycles. The summed E-state index contributed by atoms with van der Waals surface area (Å²) in [6, 6.07) is 13.1. The standard InChI is InChI=1S/C26H18N4O12S4/c31-43(32,33)23-12-21(24(44(34,35)36)26(46(40,41)42)25(23)45(37,38)39)20-10-19-9-17-4-3-15(28-17)7-13-1-2-14(27-13)8-16-5-6-18(29-16)11-22(20)30-19/h1-12,28-29H,(H,31,32,33)(H,34,35,36)(H,37,38,39)(H,40,41,42). The molecule has 0 radical (unpaired) electrons. The number of aromatic amines is 2. The molecule has 16 nitrogen and oxygen atoms in total. The average molecular weight is 707 g/mol. The zero-order valence-corrected chi connectivity index (χ0v) is 25.8. The minimum atomic E-state index is -6.09. The summed E-state index contributed by atoms with van der Waals surface area (Å²) in [6.45, 7) is 0. The Hall–Kier alpha value is -4.54. The number of fused-ring (bicyclic) bond motifs is 8. The zero-order chi connectivity index (χ0) is 33.4. The van der Waals surface area contributed by atoms with Gasteiger partial charge in [-0.05, 0) is 72.8 Å². The van der Waals surface area contributed by atoms with Crippen molar-refractivity contribution in [1.82, 2.24) is 19.9 Å². The van der Waals surface area contributed by atoms with Crippen molar-refractivity contribution in [2.75, 3.05) is 0 Å². The van der Waals surface area contributed by atoms with Crippen molar-refractivity contribution in [3.05, 3.63) is 82.9 Å². The van der Waals surface area contributed by atoms with Gasteiger partial charge in [0.05, 0.1) is 22.8 Å². The summed E-state index contributed by atoms with van der Waals surface area (Å²) in [5.41, 5.74) is 1.71. The fourth-order valence-corrected chi connectivity index (χ4v) is 9.70. The molecule has 2 aliphatic heterocycles. The molecule has 238 valence electrons. The van der Waals surface area contributed by atoms with Gasteiger partial charge in [0, 0.05) is 33.2 Å². The number of hydrogen-bond donors (Lipinski definition) is 6. The van der Waals surface area contributed by atoms with Gasteiger partial charge in [-0.3, -0.25) is 18.2 Å². The molecular weight excluding hydrogens is 689 g/mol. The molecule has 8 bridgehead atoms. The van der Waals surface area contributed by atoms with E-state index in [-0.39, 0.29) is 17.5 Å². The maximum absolute atomic E-state index is 12.7. The maximum Gasteiger partial charge on any atom is 0.297 e. The highest BCUT2D eigenvalue weighted by Crippen LogP contribution is 2.42. The van der Waals surface area contributed by atoms with Crippen LogP contribution in [-0.2, 0) is 40.5 Å². The summed E-state index contributed by atoms with van der Waals surface area (Å²) in [4.78, 5) is 7.03. The summed E-state index contributed by atoms with van der Waals surface area (Å²) in [5, 5.41) is 0. The second-order valence-corrected chi connectivity index (χ2v) is 15.4. The van der Waals surface area contributed by atoms with Crippen LogP contribution in [0.1, 0.15) is 28.3 Å². The number of benzene rings is 1. The molecular formula is C26H18N4O12S4. The minimum absolute atomic E-state index is 0.0655. The molecule has 0 unspecified atom stereocenters. The lowest BCUT2D eigenvalue weighted by Crippen LogP contribution is -2.20. The maximum atomic E-state index is 12.7. The summed E-state index contributed by atoms with van der Waals surface area (Å²) in [5.74, 6) is 0. The molecule has 2 aliphatic rings. The van der Waals surface area contributed by atoms with Crippen LogP contribution in [-0.4, -0.2) is 71.8 Å². The van der Waals surface area contributed by atoms with E-state index >= 15 is 0 Å². The molecule has 5 heterocycles. The van der Waals surface area contributed by atoms with Gasteiger partial charge in [-0.25, -0.2) is 9.97 Å². The predicted octanol–water partition coefficient (Wildman–Crippen LogP) is 3.06. The van der Waals surface area contributed by atoms with Crippen LogP contribution in [0.25, 0.3) is 45.9 Å². The Balaban J connectivity index is 1.79. The number of hydrogen-bond acceptors (Lipinski definition) is 10. The molecule has 3 aromatic heterocycles. The molecule has 0 saturated carbocycles. The second kappa shape index (κ2) is 10.5. The lowest BCUT2D eigenvalue weighted by molar-refractivity contribution is 0.446. The Labute approximate surface area is 259 Å². The van der Waals surface area contributed by atoms with Crippen molar-refractivity contribution < 1.29 is 51.9 Å². The Morgan fingerprint density at radius 3 is 1.41 bits per heavy atom. The van der Waals surface area contributed by atoms with E-state index in [2.05, 4.69) is 19.9 Å². The molecule has 0 fully saturated rings. The van der Waals surface area contributed by atoms with Crippen LogP contribution in [0.15, 0.2) is 74.2 Å². The summed E-state index contributed by atoms with van der Waals surface area (Å²) in [6.07, 6.45) is 4.73. The van der Waals surface area contributed by atoms with Crippen LogP contribution in [0, 0.1) is 0 Å². The Bertz CT molecular complexity index is 2690. The molecule has 20 heteroatoms. The number of nitrogens with zero attached hydrogens (tertiary/aromatic N) is 2. The van der Waals surface area contributed by atoms with Crippen molar-refractivity contribution in [3.63, 3.8) is 0 Å².